The summed E-state index contributed by atoms with van der Waals surface area (Å²) in [6, 6.07) is 10.6. The van der Waals surface area contributed by atoms with E-state index in [0.717, 1.165) is 22.4 Å². The van der Waals surface area contributed by atoms with Crippen molar-refractivity contribution in [3.8, 4) is 0 Å². The molecule has 0 aromatic heterocycles. The molecule has 102 valence electrons. The maximum absolute atomic E-state index is 13.3. The molecule has 0 radical (unpaired) electrons. The number of hydrogen-bond acceptors (Lipinski definition) is 1. The number of amides is 1. The molecule has 0 spiro atoms. The molecule has 0 saturated heterocycles. The van der Waals surface area contributed by atoms with Crippen molar-refractivity contribution in [3.05, 3.63) is 64.5 Å². The van der Waals surface area contributed by atoms with E-state index in [1.54, 1.807) is 19.1 Å². The lowest BCUT2D eigenvalue weighted by Crippen LogP contribution is -2.03. The van der Waals surface area contributed by atoms with Crippen LogP contribution in [0.1, 0.15) is 27.6 Å². The Morgan fingerprint density at radius 1 is 1.20 bits per heavy atom. The van der Waals surface area contributed by atoms with Crippen molar-refractivity contribution >= 4 is 23.2 Å². The van der Waals surface area contributed by atoms with Gasteiger partial charge in [-0.3, -0.25) is 4.79 Å². The molecule has 3 rings (SSSR count). The average Bonchev–Trinajstić information content (AvgIpc) is 2.80. The molecule has 1 amide bonds. The summed E-state index contributed by atoms with van der Waals surface area (Å²) >= 11 is 6.47. The number of aryl methyl sites for hydroxylation is 1. The van der Waals surface area contributed by atoms with E-state index in [1.165, 1.54) is 6.07 Å². The molecule has 1 unspecified atom stereocenters. The second-order valence-electron chi connectivity index (χ2n) is 5.01. The van der Waals surface area contributed by atoms with Gasteiger partial charge >= 0.3 is 0 Å². The highest BCUT2D eigenvalue weighted by molar-refractivity contribution is 6.22. The average molecular weight is 290 g/mol. The number of nitrogens with one attached hydrogen (secondary N) is 1. The largest absolute Gasteiger partial charge is 0.326 e. The van der Waals surface area contributed by atoms with Crippen molar-refractivity contribution in [1.82, 2.24) is 0 Å². The van der Waals surface area contributed by atoms with Crippen LogP contribution in [-0.2, 0) is 11.2 Å². The smallest absolute Gasteiger partial charge is 0.228 e. The van der Waals surface area contributed by atoms with E-state index >= 15 is 0 Å². The highest BCUT2D eigenvalue weighted by Gasteiger charge is 2.20. The Bertz CT molecular complexity index is 699. The van der Waals surface area contributed by atoms with E-state index in [2.05, 4.69) is 5.32 Å². The number of rotatable bonds is 2. The molecule has 2 aromatic carbocycles. The van der Waals surface area contributed by atoms with Gasteiger partial charge in [-0.2, -0.15) is 0 Å². The molecular weight excluding hydrogens is 277 g/mol. The number of benzene rings is 2. The topological polar surface area (TPSA) is 29.1 Å². The molecular formula is C16H13ClFNO. The van der Waals surface area contributed by atoms with Gasteiger partial charge in [-0.15, -0.1) is 11.6 Å². The zero-order valence-electron chi connectivity index (χ0n) is 10.9. The van der Waals surface area contributed by atoms with Gasteiger partial charge in [0.1, 0.15) is 5.82 Å². The molecule has 20 heavy (non-hydrogen) atoms. The van der Waals surface area contributed by atoms with Gasteiger partial charge in [0.05, 0.1) is 11.8 Å². The number of anilines is 1. The summed E-state index contributed by atoms with van der Waals surface area (Å²) in [5, 5.41) is 2.44. The Morgan fingerprint density at radius 2 is 1.90 bits per heavy atom. The van der Waals surface area contributed by atoms with E-state index in [4.69, 9.17) is 11.6 Å². The third-order valence-corrected chi connectivity index (χ3v) is 4.03. The molecule has 0 bridgehead atoms. The van der Waals surface area contributed by atoms with E-state index in [1.807, 2.05) is 18.2 Å². The third kappa shape index (κ3) is 2.29. The van der Waals surface area contributed by atoms with Crippen molar-refractivity contribution < 1.29 is 9.18 Å². The molecule has 1 heterocycles. The summed E-state index contributed by atoms with van der Waals surface area (Å²) < 4.78 is 13.3. The lowest BCUT2D eigenvalue weighted by atomic mass is 10.00. The van der Waals surface area contributed by atoms with Crippen LogP contribution in [0.2, 0.25) is 0 Å². The lowest BCUT2D eigenvalue weighted by Gasteiger charge is -2.12. The monoisotopic (exact) mass is 289 g/mol. The Balaban J connectivity index is 1.94. The fourth-order valence-corrected chi connectivity index (χ4v) is 2.70. The number of halogens is 2. The minimum atomic E-state index is -0.352. The van der Waals surface area contributed by atoms with Crippen molar-refractivity contribution in [2.24, 2.45) is 0 Å². The maximum atomic E-state index is 13.3. The van der Waals surface area contributed by atoms with Crippen LogP contribution in [0.15, 0.2) is 36.4 Å². The van der Waals surface area contributed by atoms with Crippen molar-refractivity contribution in [2.45, 2.75) is 18.7 Å². The predicted octanol–water partition coefficient (Wildman–Crippen LogP) is 3.96. The fraction of sp³-hybridized carbons (Fsp3) is 0.188. The minimum absolute atomic E-state index is 0.000832. The lowest BCUT2D eigenvalue weighted by molar-refractivity contribution is -0.115. The molecule has 1 aliphatic rings. The van der Waals surface area contributed by atoms with E-state index < -0.39 is 0 Å². The molecule has 2 nitrogen and oxygen atoms in total. The summed E-state index contributed by atoms with van der Waals surface area (Å²) in [6.45, 7) is 1.72. The van der Waals surface area contributed by atoms with Gasteiger partial charge in [-0.05, 0) is 41.3 Å². The van der Waals surface area contributed by atoms with E-state index in [-0.39, 0.29) is 17.1 Å². The summed E-state index contributed by atoms with van der Waals surface area (Å²) in [7, 11) is 0. The highest BCUT2D eigenvalue weighted by Crippen LogP contribution is 2.33. The Morgan fingerprint density at radius 3 is 2.65 bits per heavy atom. The van der Waals surface area contributed by atoms with Crippen LogP contribution in [0, 0.1) is 12.7 Å². The normalized spacial score (nSPS) is 14.8. The zero-order chi connectivity index (χ0) is 14.3. The van der Waals surface area contributed by atoms with Gasteiger partial charge in [-0.25, -0.2) is 4.39 Å². The molecule has 1 atom stereocenters. The second-order valence-corrected chi connectivity index (χ2v) is 5.45. The first-order valence-electron chi connectivity index (χ1n) is 6.37. The zero-order valence-corrected chi connectivity index (χ0v) is 11.7. The quantitative estimate of drug-likeness (QED) is 0.833. The summed E-state index contributed by atoms with van der Waals surface area (Å²) in [6.07, 6.45) is 0.384. The Kier molecular flexibility index (Phi) is 3.22. The molecule has 2 aromatic rings. The predicted molar refractivity (Wildman–Crippen MR) is 77.6 cm³/mol. The molecule has 0 fully saturated rings. The summed E-state index contributed by atoms with van der Waals surface area (Å²) in [5.41, 5.74) is 4.14. The van der Waals surface area contributed by atoms with Crippen molar-refractivity contribution in [3.63, 3.8) is 0 Å². The Labute approximate surface area is 121 Å². The van der Waals surface area contributed by atoms with Crippen LogP contribution in [0.3, 0.4) is 0 Å². The first-order valence-corrected chi connectivity index (χ1v) is 6.81. The first-order chi connectivity index (χ1) is 9.54. The summed E-state index contributed by atoms with van der Waals surface area (Å²) in [5.74, 6) is -0.234. The van der Waals surface area contributed by atoms with Gasteiger partial charge in [-0.1, -0.05) is 24.3 Å². The van der Waals surface area contributed by atoms with Gasteiger partial charge < -0.3 is 5.32 Å². The molecule has 0 aliphatic carbocycles. The summed E-state index contributed by atoms with van der Waals surface area (Å²) in [4.78, 5) is 11.3. The van der Waals surface area contributed by atoms with Crippen LogP contribution in [0.4, 0.5) is 10.1 Å². The number of alkyl halides is 1. The number of carbonyl (C=O) groups excluding carboxylic acids is 1. The van der Waals surface area contributed by atoms with Gasteiger partial charge in [0.15, 0.2) is 0 Å². The van der Waals surface area contributed by atoms with Gasteiger partial charge in [0.2, 0.25) is 5.91 Å². The molecule has 4 heteroatoms. The first kappa shape index (κ1) is 13.1. The Hall–Kier alpha value is -1.87. The van der Waals surface area contributed by atoms with E-state index in [9.17, 15) is 9.18 Å². The maximum Gasteiger partial charge on any atom is 0.228 e. The van der Waals surface area contributed by atoms with Crippen molar-refractivity contribution in [2.75, 3.05) is 5.32 Å². The minimum Gasteiger partial charge on any atom is -0.326 e. The number of carbonyl (C=O) groups is 1. The van der Waals surface area contributed by atoms with Crippen LogP contribution in [0.5, 0.6) is 0 Å². The molecule has 1 N–H and O–H groups in total. The number of fused-ring (bicyclic) bond motifs is 1. The SMILES string of the molecule is Cc1cc(C(Cl)c2ccc3c(c2)CC(=O)N3)ccc1F. The van der Waals surface area contributed by atoms with Gasteiger partial charge in [0.25, 0.3) is 0 Å². The fourth-order valence-electron chi connectivity index (χ4n) is 2.42. The van der Waals surface area contributed by atoms with Crippen molar-refractivity contribution in [1.29, 1.82) is 0 Å². The van der Waals surface area contributed by atoms with E-state index in [0.29, 0.717) is 12.0 Å². The molecule has 1 aliphatic heterocycles. The third-order valence-electron chi connectivity index (χ3n) is 3.52. The standard InChI is InChI=1S/C16H13ClFNO/c1-9-6-10(2-4-13(9)18)16(17)11-3-5-14-12(7-11)8-15(20)19-14/h2-7,16H,8H2,1H3,(H,19,20). The van der Waals surface area contributed by atoms with Gasteiger partial charge in [0, 0.05) is 5.69 Å². The van der Waals surface area contributed by atoms with Crippen LogP contribution in [0.25, 0.3) is 0 Å². The molecule has 0 saturated carbocycles. The van der Waals surface area contributed by atoms with Crippen LogP contribution < -0.4 is 5.32 Å². The highest BCUT2D eigenvalue weighted by atomic mass is 35.5. The number of hydrogen-bond donors (Lipinski definition) is 1. The van der Waals surface area contributed by atoms with Crippen LogP contribution in [-0.4, -0.2) is 5.91 Å². The van der Waals surface area contributed by atoms with Crippen LogP contribution >= 0.6 is 11.6 Å². The second kappa shape index (κ2) is 4.91.